The van der Waals surface area contributed by atoms with Gasteiger partial charge in [-0.1, -0.05) is 36.4 Å². The predicted octanol–water partition coefficient (Wildman–Crippen LogP) is 3.40. The molecule has 3 rings (SSSR count). The highest BCUT2D eigenvalue weighted by Crippen LogP contribution is 2.30. The Morgan fingerprint density at radius 3 is 2.30 bits per heavy atom. The molecule has 2 aromatic rings. The third-order valence-corrected chi connectivity index (χ3v) is 4.00. The number of nitrogens with zero attached hydrogens (tertiary/aromatic N) is 1. The van der Waals surface area contributed by atoms with Gasteiger partial charge < -0.3 is 10.6 Å². The Hall–Kier alpha value is -1.80. The maximum Gasteiger partial charge on any atom is 0.0436 e. The molecule has 0 bridgehead atoms. The summed E-state index contributed by atoms with van der Waals surface area (Å²) in [4.78, 5) is 2.45. The van der Waals surface area contributed by atoms with E-state index in [1.54, 1.807) is 0 Å². The third-order valence-electron chi connectivity index (χ3n) is 4.00. The summed E-state index contributed by atoms with van der Waals surface area (Å²) in [5.41, 5.74) is 12.8. The Bertz CT molecular complexity index is 592. The van der Waals surface area contributed by atoms with Crippen molar-refractivity contribution < 1.29 is 0 Å². The Labute approximate surface area is 121 Å². The Kier molecular flexibility index (Phi) is 3.49. The molecule has 0 fully saturated rings. The van der Waals surface area contributed by atoms with Crippen molar-refractivity contribution in [2.75, 3.05) is 4.90 Å². The number of rotatable bonds is 3. The highest BCUT2D eigenvalue weighted by Gasteiger charge is 2.19. The van der Waals surface area contributed by atoms with E-state index < -0.39 is 0 Å². The molecule has 20 heavy (non-hydrogen) atoms. The van der Waals surface area contributed by atoms with Crippen LogP contribution in [0.4, 0.5) is 5.69 Å². The summed E-state index contributed by atoms with van der Waals surface area (Å²) in [6.45, 7) is 6.29. The highest BCUT2D eigenvalue weighted by atomic mass is 15.1. The summed E-state index contributed by atoms with van der Waals surface area (Å²) < 4.78 is 0. The van der Waals surface area contributed by atoms with Gasteiger partial charge in [-0.3, -0.25) is 0 Å². The van der Waals surface area contributed by atoms with E-state index in [1.165, 1.54) is 27.9 Å². The lowest BCUT2D eigenvalue weighted by atomic mass is 10.0. The fraction of sp³-hybridized carbons (Fsp3) is 0.333. The second-order valence-electron chi connectivity index (χ2n) is 5.93. The Morgan fingerprint density at radius 2 is 1.75 bits per heavy atom. The summed E-state index contributed by atoms with van der Waals surface area (Å²) >= 11 is 0. The van der Waals surface area contributed by atoms with Crippen molar-refractivity contribution in [2.24, 2.45) is 5.73 Å². The largest absolute Gasteiger partial charge is 0.363 e. The fourth-order valence-electron chi connectivity index (χ4n) is 3.07. The normalized spacial score (nSPS) is 15.2. The summed E-state index contributed by atoms with van der Waals surface area (Å²) in [7, 11) is 0. The van der Waals surface area contributed by atoms with Gasteiger partial charge >= 0.3 is 0 Å². The van der Waals surface area contributed by atoms with Crippen molar-refractivity contribution in [1.82, 2.24) is 0 Å². The maximum atomic E-state index is 5.88. The molecule has 2 nitrogen and oxygen atoms in total. The summed E-state index contributed by atoms with van der Waals surface area (Å²) in [6, 6.07) is 15.7. The number of aryl methyl sites for hydroxylation is 1. The molecule has 0 spiro atoms. The number of nitrogens with two attached hydrogens (primary N) is 1. The van der Waals surface area contributed by atoms with Crippen LogP contribution in [-0.4, -0.2) is 6.04 Å². The van der Waals surface area contributed by atoms with Gasteiger partial charge in [-0.2, -0.15) is 0 Å². The third kappa shape index (κ3) is 2.56. The summed E-state index contributed by atoms with van der Waals surface area (Å²) in [5.74, 6) is 0. The van der Waals surface area contributed by atoms with Gasteiger partial charge in [0, 0.05) is 24.8 Å². The lowest BCUT2D eigenvalue weighted by Gasteiger charge is -2.21. The van der Waals surface area contributed by atoms with E-state index >= 15 is 0 Å². The van der Waals surface area contributed by atoms with E-state index in [4.69, 9.17) is 5.73 Å². The molecule has 2 N–H and O–H groups in total. The van der Waals surface area contributed by atoms with Gasteiger partial charge in [-0.05, 0) is 48.6 Å². The van der Waals surface area contributed by atoms with Crippen molar-refractivity contribution in [2.45, 2.75) is 39.4 Å². The number of anilines is 1. The molecule has 0 saturated carbocycles. The first kappa shape index (κ1) is 13.2. The van der Waals surface area contributed by atoms with Crippen molar-refractivity contribution in [3.05, 3.63) is 64.7 Å². The Morgan fingerprint density at radius 1 is 1.10 bits per heavy atom. The smallest absolute Gasteiger partial charge is 0.0436 e. The van der Waals surface area contributed by atoms with Crippen molar-refractivity contribution in [3.8, 4) is 0 Å². The van der Waals surface area contributed by atoms with Gasteiger partial charge in [0.25, 0.3) is 0 Å². The number of benzene rings is 2. The molecular formula is C18H22N2. The van der Waals surface area contributed by atoms with Gasteiger partial charge in [-0.15, -0.1) is 0 Å². The minimum absolute atomic E-state index is 0.219. The summed E-state index contributed by atoms with van der Waals surface area (Å²) in [6.07, 6.45) is 0.946. The average Bonchev–Trinajstić information content (AvgIpc) is 2.81. The van der Waals surface area contributed by atoms with Crippen molar-refractivity contribution >= 4 is 5.69 Å². The van der Waals surface area contributed by atoms with Gasteiger partial charge in [-0.25, -0.2) is 0 Å². The molecule has 1 aliphatic heterocycles. The summed E-state index contributed by atoms with van der Waals surface area (Å²) in [5, 5.41) is 0. The van der Waals surface area contributed by atoms with E-state index in [0.29, 0.717) is 0 Å². The molecule has 0 aromatic heterocycles. The van der Waals surface area contributed by atoms with Crippen LogP contribution in [0, 0.1) is 6.92 Å². The van der Waals surface area contributed by atoms with Crippen LogP contribution in [0.1, 0.15) is 29.2 Å². The van der Waals surface area contributed by atoms with Crippen molar-refractivity contribution in [1.29, 1.82) is 0 Å². The SMILES string of the molecule is Cc1cc(CC(C)N)ccc1N1Cc2ccccc2C1. The van der Waals surface area contributed by atoms with E-state index in [-0.39, 0.29) is 6.04 Å². The van der Waals surface area contributed by atoms with Crippen LogP contribution in [0.3, 0.4) is 0 Å². The molecule has 1 atom stereocenters. The van der Waals surface area contributed by atoms with Crippen LogP contribution in [0.2, 0.25) is 0 Å². The van der Waals surface area contributed by atoms with Gasteiger partial charge in [0.1, 0.15) is 0 Å². The lowest BCUT2D eigenvalue weighted by Crippen LogP contribution is -2.19. The monoisotopic (exact) mass is 266 g/mol. The first-order valence-electron chi connectivity index (χ1n) is 7.30. The molecule has 104 valence electrons. The van der Waals surface area contributed by atoms with Gasteiger partial charge in [0.2, 0.25) is 0 Å². The number of hydrogen-bond donors (Lipinski definition) is 1. The van der Waals surface area contributed by atoms with Crippen LogP contribution in [-0.2, 0) is 19.5 Å². The molecular weight excluding hydrogens is 244 g/mol. The van der Waals surface area contributed by atoms with Crippen LogP contribution in [0.5, 0.6) is 0 Å². The molecule has 2 heteroatoms. The van der Waals surface area contributed by atoms with E-state index in [1.807, 2.05) is 0 Å². The molecule has 0 saturated heterocycles. The van der Waals surface area contributed by atoms with Crippen LogP contribution in [0.15, 0.2) is 42.5 Å². The fourth-order valence-corrected chi connectivity index (χ4v) is 3.07. The second kappa shape index (κ2) is 5.29. The minimum atomic E-state index is 0.219. The topological polar surface area (TPSA) is 29.3 Å². The van der Waals surface area contributed by atoms with E-state index in [2.05, 4.69) is 61.2 Å². The zero-order valence-corrected chi connectivity index (χ0v) is 12.3. The maximum absolute atomic E-state index is 5.88. The van der Waals surface area contributed by atoms with Crippen LogP contribution >= 0.6 is 0 Å². The second-order valence-corrected chi connectivity index (χ2v) is 5.93. The van der Waals surface area contributed by atoms with Gasteiger partial charge in [0.05, 0.1) is 0 Å². The zero-order valence-electron chi connectivity index (χ0n) is 12.3. The molecule has 0 radical (unpaired) electrons. The molecule has 1 aliphatic rings. The number of hydrogen-bond acceptors (Lipinski definition) is 2. The van der Waals surface area contributed by atoms with E-state index in [0.717, 1.165) is 19.5 Å². The standard InChI is InChI=1S/C18H22N2/c1-13-9-15(10-14(2)19)7-8-18(13)20-11-16-5-3-4-6-17(16)12-20/h3-9,14H,10-12,19H2,1-2H3. The highest BCUT2D eigenvalue weighted by molar-refractivity contribution is 5.57. The quantitative estimate of drug-likeness (QED) is 0.922. The predicted molar refractivity (Wildman–Crippen MR) is 84.9 cm³/mol. The lowest BCUT2D eigenvalue weighted by molar-refractivity contribution is 0.737. The van der Waals surface area contributed by atoms with Crippen LogP contribution < -0.4 is 10.6 Å². The molecule has 0 amide bonds. The van der Waals surface area contributed by atoms with Crippen LogP contribution in [0.25, 0.3) is 0 Å². The number of fused-ring (bicyclic) bond motifs is 1. The molecule has 0 aliphatic carbocycles. The first-order valence-corrected chi connectivity index (χ1v) is 7.30. The minimum Gasteiger partial charge on any atom is -0.363 e. The molecule has 1 unspecified atom stereocenters. The van der Waals surface area contributed by atoms with Crippen molar-refractivity contribution in [3.63, 3.8) is 0 Å². The Balaban J connectivity index is 1.82. The average molecular weight is 266 g/mol. The molecule has 1 heterocycles. The molecule has 2 aromatic carbocycles. The van der Waals surface area contributed by atoms with Gasteiger partial charge in [0.15, 0.2) is 0 Å². The zero-order chi connectivity index (χ0) is 14.1. The van der Waals surface area contributed by atoms with E-state index in [9.17, 15) is 0 Å². The first-order chi connectivity index (χ1) is 9.63.